The molecular weight excluding hydrogens is 307 g/mol. The van der Waals surface area contributed by atoms with Gasteiger partial charge in [-0.3, -0.25) is 4.79 Å². The predicted molar refractivity (Wildman–Crippen MR) is 71.0 cm³/mol. The molecule has 1 amide bonds. The second-order valence-electron chi connectivity index (χ2n) is 4.46. The Morgan fingerprint density at radius 3 is 2.57 bits per heavy atom. The Labute approximate surface area is 123 Å². The van der Waals surface area contributed by atoms with E-state index in [-0.39, 0.29) is 17.5 Å². The van der Waals surface area contributed by atoms with Gasteiger partial charge < -0.3 is 9.32 Å². The fraction of sp³-hybridized carbons (Fsp3) is 0.214. The third kappa shape index (κ3) is 3.78. The molecule has 0 fully saturated rings. The van der Waals surface area contributed by atoms with Crippen molar-refractivity contribution in [1.29, 1.82) is 0 Å². The minimum Gasteiger partial charge on any atom is -0.440 e. The van der Waals surface area contributed by atoms with Gasteiger partial charge >= 0.3 is 6.18 Å². The Morgan fingerprint density at radius 2 is 2.00 bits per heavy atom. The van der Waals surface area contributed by atoms with Crippen LogP contribution in [0.1, 0.15) is 21.7 Å². The van der Waals surface area contributed by atoms with E-state index in [4.69, 9.17) is 16.0 Å². The van der Waals surface area contributed by atoms with E-state index >= 15 is 0 Å². The Morgan fingerprint density at radius 1 is 1.29 bits per heavy atom. The molecule has 21 heavy (non-hydrogen) atoms. The molecule has 0 aliphatic rings. The zero-order chi connectivity index (χ0) is 15.6. The fourth-order valence-electron chi connectivity index (χ4n) is 1.81. The maximum Gasteiger partial charge on any atom is 0.416 e. The molecule has 0 unspecified atom stereocenters. The Balaban J connectivity index is 2.13. The molecule has 0 atom stereocenters. The molecule has 1 aromatic heterocycles. The largest absolute Gasteiger partial charge is 0.440 e. The molecule has 0 radical (unpaired) electrons. The van der Waals surface area contributed by atoms with Crippen LogP contribution in [0.2, 0.25) is 5.22 Å². The zero-order valence-corrected chi connectivity index (χ0v) is 11.7. The predicted octanol–water partition coefficient (Wildman–Crippen LogP) is 4.22. The molecule has 2 aromatic rings. The standard InChI is InChI=1S/C14H11ClF3NO2/c1-19(13(20)11-5-6-12(15)21-11)8-9-3-2-4-10(7-9)14(16,17)18/h2-7H,8H2,1H3. The van der Waals surface area contributed by atoms with Gasteiger partial charge in [-0.1, -0.05) is 12.1 Å². The highest BCUT2D eigenvalue weighted by Gasteiger charge is 2.30. The van der Waals surface area contributed by atoms with Gasteiger partial charge in [-0.2, -0.15) is 13.2 Å². The van der Waals surface area contributed by atoms with Gasteiger partial charge in [-0.15, -0.1) is 0 Å². The van der Waals surface area contributed by atoms with Crippen molar-refractivity contribution in [2.45, 2.75) is 12.7 Å². The van der Waals surface area contributed by atoms with Crippen molar-refractivity contribution in [3.05, 3.63) is 58.5 Å². The summed E-state index contributed by atoms with van der Waals surface area (Å²) in [6, 6.07) is 7.66. The molecule has 0 spiro atoms. The highest BCUT2D eigenvalue weighted by molar-refractivity contribution is 6.29. The first kappa shape index (κ1) is 15.4. The van der Waals surface area contributed by atoms with Gasteiger partial charge in [0.25, 0.3) is 5.91 Å². The van der Waals surface area contributed by atoms with Gasteiger partial charge in [0.05, 0.1) is 5.56 Å². The van der Waals surface area contributed by atoms with Crippen LogP contribution in [0, 0.1) is 0 Å². The Hall–Kier alpha value is -1.95. The second kappa shape index (κ2) is 5.81. The maximum atomic E-state index is 12.6. The second-order valence-corrected chi connectivity index (χ2v) is 4.84. The summed E-state index contributed by atoms with van der Waals surface area (Å²) in [4.78, 5) is 13.3. The van der Waals surface area contributed by atoms with E-state index < -0.39 is 17.6 Å². The van der Waals surface area contributed by atoms with Crippen LogP contribution in [0.25, 0.3) is 0 Å². The Bertz CT molecular complexity index is 652. The van der Waals surface area contributed by atoms with Crippen LogP contribution in [-0.2, 0) is 12.7 Å². The number of rotatable bonds is 3. The molecule has 0 aliphatic carbocycles. The quantitative estimate of drug-likeness (QED) is 0.849. The monoisotopic (exact) mass is 317 g/mol. The van der Waals surface area contributed by atoms with E-state index in [1.165, 1.54) is 36.2 Å². The number of alkyl halides is 3. The third-order valence-corrected chi connectivity index (χ3v) is 3.01. The van der Waals surface area contributed by atoms with Crippen molar-refractivity contribution in [3.63, 3.8) is 0 Å². The average molecular weight is 318 g/mol. The number of hydrogen-bond acceptors (Lipinski definition) is 2. The number of amides is 1. The lowest BCUT2D eigenvalue weighted by atomic mass is 10.1. The summed E-state index contributed by atoms with van der Waals surface area (Å²) in [5.41, 5.74) is -0.375. The van der Waals surface area contributed by atoms with Gasteiger partial charge in [0.2, 0.25) is 0 Å². The lowest BCUT2D eigenvalue weighted by Gasteiger charge is -2.16. The minimum absolute atomic E-state index is 0.0288. The van der Waals surface area contributed by atoms with E-state index in [1.807, 2.05) is 0 Å². The first-order valence-corrected chi connectivity index (χ1v) is 6.32. The van der Waals surface area contributed by atoms with Crippen LogP contribution in [-0.4, -0.2) is 17.9 Å². The van der Waals surface area contributed by atoms with Crippen LogP contribution in [0.4, 0.5) is 13.2 Å². The van der Waals surface area contributed by atoms with E-state index in [0.29, 0.717) is 5.56 Å². The highest BCUT2D eigenvalue weighted by atomic mass is 35.5. The average Bonchev–Trinajstić information content (AvgIpc) is 2.84. The van der Waals surface area contributed by atoms with E-state index in [9.17, 15) is 18.0 Å². The molecule has 0 N–H and O–H groups in total. The normalized spacial score (nSPS) is 11.5. The van der Waals surface area contributed by atoms with Gasteiger partial charge in [0.15, 0.2) is 11.0 Å². The summed E-state index contributed by atoms with van der Waals surface area (Å²) in [7, 11) is 1.47. The molecular formula is C14H11ClF3NO2. The van der Waals surface area contributed by atoms with Gasteiger partial charge in [0.1, 0.15) is 0 Å². The first-order chi connectivity index (χ1) is 9.77. The third-order valence-electron chi connectivity index (χ3n) is 2.80. The van der Waals surface area contributed by atoms with E-state index in [0.717, 1.165) is 12.1 Å². The number of carbonyl (C=O) groups excluding carboxylic acids is 1. The number of carbonyl (C=O) groups is 1. The molecule has 112 valence electrons. The zero-order valence-electron chi connectivity index (χ0n) is 10.9. The molecule has 7 heteroatoms. The van der Waals surface area contributed by atoms with Crippen molar-refractivity contribution >= 4 is 17.5 Å². The molecule has 3 nitrogen and oxygen atoms in total. The lowest BCUT2D eigenvalue weighted by Crippen LogP contribution is -2.25. The van der Waals surface area contributed by atoms with Gasteiger partial charge in [0, 0.05) is 13.6 Å². The summed E-state index contributed by atoms with van der Waals surface area (Å²) in [6.07, 6.45) is -4.41. The number of hydrogen-bond donors (Lipinski definition) is 0. The van der Waals surface area contributed by atoms with Gasteiger partial charge in [-0.05, 0) is 41.4 Å². The van der Waals surface area contributed by atoms with Crippen molar-refractivity contribution in [2.24, 2.45) is 0 Å². The van der Waals surface area contributed by atoms with Gasteiger partial charge in [-0.25, -0.2) is 0 Å². The fourth-order valence-corrected chi connectivity index (χ4v) is 1.96. The molecule has 0 saturated carbocycles. The molecule has 1 heterocycles. The Kier molecular flexibility index (Phi) is 4.27. The number of halogens is 4. The summed E-state index contributed by atoms with van der Waals surface area (Å²) >= 11 is 5.58. The number of nitrogens with zero attached hydrogens (tertiary/aromatic N) is 1. The van der Waals surface area contributed by atoms with Crippen molar-refractivity contribution < 1.29 is 22.4 Å². The van der Waals surface area contributed by atoms with Crippen LogP contribution < -0.4 is 0 Å². The molecule has 0 bridgehead atoms. The SMILES string of the molecule is CN(Cc1cccc(C(F)(F)F)c1)C(=O)c1ccc(Cl)o1. The smallest absolute Gasteiger partial charge is 0.416 e. The van der Waals surface area contributed by atoms with Crippen LogP contribution in [0.15, 0.2) is 40.8 Å². The van der Waals surface area contributed by atoms with Crippen LogP contribution in [0.3, 0.4) is 0 Å². The highest BCUT2D eigenvalue weighted by Crippen LogP contribution is 2.29. The molecule has 0 aliphatic heterocycles. The minimum atomic E-state index is -4.41. The molecule has 2 rings (SSSR count). The summed E-state index contributed by atoms with van der Waals surface area (Å²) < 4.78 is 42.8. The lowest BCUT2D eigenvalue weighted by molar-refractivity contribution is -0.137. The van der Waals surface area contributed by atoms with Crippen LogP contribution in [0.5, 0.6) is 0 Å². The number of benzene rings is 1. The summed E-state index contributed by atoms with van der Waals surface area (Å²) in [6.45, 7) is 0.0288. The molecule has 1 aromatic carbocycles. The van der Waals surface area contributed by atoms with Crippen molar-refractivity contribution in [3.8, 4) is 0 Å². The van der Waals surface area contributed by atoms with Crippen molar-refractivity contribution in [2.75, 3.05) is 7.05 Å². The van der Waals surface area contributed by atoms with E-state index in [2.05, 4.69) is 0 Å². The van der Waals surface area contributed by atoms with E-state index in [1.54, 1.807) is 0 Å². The topological polar surface area (TPSA) is 33.5 Å². The summed E-state index contributed by atoms with van der Waals surface area (Å²) in [5, 5.41) is 0.0748. The maximum absolute atomic E-state index is 12.6. The summed E-state index contributed by atoms with van der Waals surface area (Å²) in [5.74, 6) is -0.422. The van der Waals surface area contributed by atoms with Crippen LogP contribution >= 0.6 is 11.6 Å². The molecule has 0 saturated heterocycles. The number of furan rings is 1. The first-order valence-electron chi connectivity index (χ1n) is 5.94. The van der Waals surface area contributed by atoms with Crippen molar-refractivity contribution in [1.82, 2.24) is 4.90 Å².